The van der Waals surface area contributed by atoms with E-state index in [1.165, 1.54) is 25.9 Å². The van der Waals surface area contributed by atoms with Gasteiger partial charge in [0.05, 0.1) is 17.3 Å². The lowest BCUT2D eigenvalue weighted by molar-refractivity contribution is -0.209. The molecule has 2 unspecified atom stereocenters. The zero-order chi connectivity index (χ0) is 32.7. The van der Waals surface area contributed by atoms with Gasteiger partial charge in [-0.25, -0.2) is 0 Å². The van der Waals surface area contributed by atoms with Crippen molar-refractivity contribution >= 4 is 45.6 Å². The van der Waals surface area contributed by atoms with Crippen molar-refractivity contribution < 1.29 is 44.3 Å². The first-order chi connectivity index (χ1) is 19.7. The second kappa shape index (κ2) is 10.4. The number of esters is 1. The van der Waals surface area contributed by atoms with Crippen molar-refractivity contribution in [3.05, 3.63) is 22.8 Å². The number of amides is 1. The Bertz CT molecular complexity index is 1560. The Morgan fingerprint density at radius 2 is 1.63 bits per heavy atom. The van der Waals surface area contributed by atoms with Gasteiger partial charge in [0.15, 0.2) is 23.1 Å². The van der Waals surface area contributed by atoms with Crippen LogP contribution in [-0.4, -0.2) is 88.6 Å². The topological polar surface area (TPSA) is 217 Å². The number of hydrogen-bond acceptors (Lipinski definition) is 12. The van der Waals surface area contributed by atoms with Crippen molar-refractivity contribution in [1.29, 1.82) is 0 Å². The number of fused-ring (bicyclic) bond motifs is 3. The molecule has 2 aromatic rings. The molecule has 0 aromatic heterocycles. The first-order valence-electron chi connectivity index (χ1n) is 13.9. The van der Waals surface area contributed by atoms with E-state index < -0.39 is 75.9 Å². The predicted molar refractivity (Wildman–Crippen MR) is 157 cm³/mol. The molecule has 0 aliphatic heterocycles. The van der Waals surface area contributed by atoms with E-state index >= 15 is 0 Å². The Balaban J connectivity index is 2.26. The van der Waals surface area contributed by atoms with Crippen molar-refractivity contribution in [3.8, 4) is 11.5 Å². The molecule has 13 heteroatoms. The highest BCUT2D eigenvalue weighted by Crippen LogP contribution is 2.61. The van der Waals surface area contributed by atoms with Crippen LogP contribution in [0, 0.1) is 11.8 Å². The zero-order valence-electron chi connectivity index (χ0n) is 25.6. The van der Waals surface area contributed by atoms with Crippen LogP contribution in [-0.2, 0) is 29.3 Å². The Kier molecular flexibility index (Phi) is 7.70. The van der Waals surface area contributed by atoms with Crippen LogP contribution < -0.4 is 16.4 Å². The number of aliphatic hydroxyl groups is 2. The minimum absolute atomic E-state index is 0.119. The first kappa shape index (κ1) is 32.0. The molecule has 4 rings (SSSR count). The van der Waals surface area contributed by atoms with Crippen molar-refractivity contribution in [2.75, 3.05) is 38.8 Å². The molecule has 2 aromatic carbocycles. The molecule has 0 radical (unpaired) electrons. The third kappa shape index (κ3) is 4.40. The lowest BCUT2D eigenvalue weighted by Gasteiger charge is -2.54. The number of aliphatic hydroxyl groups excluding tert-OH is 1. The molecular formula is C30H40N4O9. The Hall–Kier alpha value is -3.94. The van der Waals surface area contributed by atoms with Gasteiger partial charge < -0.3 is 41.5 Å². The number of primary amides is 1. The van der Waals surface area contributed by atoms with Crippen LogP contribution in [0.25, 0.3) is 10.8 Å². The summed E-state index contributed by atoms with van der Waals surface area (Å²) in [5.41, 5.74) is 8.80. The van der Waals surface area contributed by atoms with Gasteiger partial charge in [-0.1, -0.05) is 27.7 Å². The Labute approximate surface area is 249 Å². The maximum atomic E-state index is 13.8. The first-order valence-corrected chi connectivity index (χ1v) is 13.9. The summed E-state index contributed by atoms with van der Waals surface area (Å²) >= 11 is 0. The van der Waals surface area contributed by atoms with E-state index in [0.29, 0.717) is 11.3 Å². The monoisotopic (exact) mass is 600 g/mol. The van der Waals surface area contributed by atoms with Gasteiger partial charge in [-0.3, -0.25) is 24.1 Å². The van der Waals surface area contributed by atoms with E-state index in [0.717, 1.165) is 0 Å². The van der Waals surface area contributed by atoms with Gasteiger partial charge in [-0.2, -0.15) is 0 Å². The number of hydrogen-bond donors (Lipinski definition) is 6. The van der Waals surface area contributed by atoms with Gasteiger partial charge in [0.2, 0.25) is 5.91 Å². The van der Waals surface area contributed by atoms with Gasteiger partial charge in [0, 0.05) is 54.0 Å². The van der Waals surface area contributed by atoms with Crippen LogP contribution >= 0.6 is 0 Å². The van der Waals surface area contributed by atoms with Crippen LogP contribution in [0.2, 0.25) is 0 Å². The molecule has 2 aliphatic rings. The molecule has 1 saturated carbocycles. The quantitative estimate of drug-likeness (QED) is 0.121. The number of phenols is 2. The van der Waals surface area contributed by atoms with Gasteiger partial charge in [-0.05, 0) is 25.6 Å². The number of nitrogens with two attached hydrogens (primary N) is 2. The summed E-state index contributed by atoms with van der Waals surface area (Å²) in [6.45, 7) is 7.04. The van der Waals surface area contributed by atoms with Crippen molar-refractivity contribution in [1.82, 2.24) is 4.90 Å². The highest BCUT2D eigenvalue weighted by atomic mass is 16.5. The normalized spacial score (nSPS) is 27.2. The summed E-state index contributed by atoms with van der Waals surface area (Å²) < 4.78 is 5.79. The molecule has 2 aliphatic carbocycles. The summed E-state index contributed by atoms with van der Waals surface area (Å²) in [4.78, 5) is 55.7. The van der Waals surface area contributed by atoms with E-state index in [2.05, 4.69) is 0 Å². The van der Waals surface area contributed by atoms with Crippen LogP contribution in [0.4, 0.5) is 11.4 Å². The fraction of sp³-hybridized carbons (Fsp3) is 0.533. The number of nitrogen functional groups attached to an aromatic ring is 1. The standard InChI is InChI=1S/C30H40N4O9/c1-9-13(35)43-25-15-17(26(39)30(42)19(25)21(34(7)8)24(38)18(27(30)40)28(32)41)23(37)16-14(20(15)31)12(33(5)6)10-11(22(16)36)29(2,3)4/h10,18-19,21,25-26,36-37,39,42H,9,31H2,1-8H3,(H2,32,41)/t18?,19-,21+,25+,26?,30+/m1/s1. The molecule has 6 atom stereocenters. The Morgan fingerprint density at radius 3 is 2.09 bits per heavy atom. The largest absolute Gasteiger partial charge is 0.507 e. The molecule has 0 heterocycles. The number of ketones is 2. The number of aromatic hydroxyl groups is 2. The van der Waals surface area contributed by atoms with Gasteiger partial charge >= 0.3 is 5.97 Å². The number of Topliss-reactive ketones (excluding diaryl/α,β-unsaturated/α-hetero) is 2. The number of likely N-dealkylation sites (N-methyl/N-ethyl adjacent to an activating group) is 1. The van der Waals surface area contributed by atoms with E-state index in [1.807, 2.05) is 20.8 Å². The van der Waals surface area contributed by atoms with Crippen LogP contribution in [0.1, 0.15) is 63.0 Å². The average Bonchev–Trinajstić information content (AvgIpc) is 2.88. The number of carbonyl (C=O) groups excluding carboxylic acids is 4. The summed E-state index contributed by atoms with van der Waals surface area (Å²) in [6.07, 6.45) is -4.07. The van der Waals surface area contributed by atoms with Gasteiger partial charge in [-0.15, -0.1) is 0 Å². The highest BCUT2D eigenvalue weighted by Gasteiger charge is 2.69. The van der Waals surface area contributed by atoms with Crippen molar-refractivity contribution in [2.45, 2.75) is 63.4 Å². The van der Waals surface area contributed by atoms with Crippen LogP contribution in [0.15, 0.2) is 6.07 Å². The second-order valence-electron chi connectivity index (χ2n) is 12.8. The number of ether oxygens (including phenoxy) is 1. The maximum Gasteiger partial charge on any atom is 0.306 e. The molecule has 0 saturated heterocycles. The van der Waals surface area contributed by atoms with Crippen molar-refractivity contribution in [2.24, 2.45) is 17.6 Å². The van der Waals surface area contributed by atoms with E-state index in [4.69, 9.17) is 16.2 Å². The maximum absolute atomic E-state index is 13.8. The minimum atomic E-state index is -2.95. The minimum Gasteiger partial charge on any atom is -0.507 e. The molecule has 8 N–H and O–H groups in total. The molecular weight excluding hydrogens is 560 g/mol. The SMILES string of the molecule is CCC(=O)O[C@H]1c2c(c(O)c3c(O)c(C(C)(C)C)cc(N(C)C)c3c2N)C(O)[C@]2(O)C(=O)C(C(N)=O)C(=O)[C@@H](N(C)C)[C@H]12. The summed E-state index contributed by atoms with van der Waals surface area (Å²) in [5, 5.41) is 47.4. The number of rotatable bonds is 5. The smallest absolute Gasteiger partial charge is 0.306 e. The summed E-state index contributed by atoms with van der Waals surface area (Å²) in [5.74, 6) is -9.34. The number of anilines is 2. The van der Waals surface area contributed by atoms with Crippen LogP contribution in [0.3, 0.4) is 0 Å². The number of carbonyl (C=O) groups is 4. The lowest BCUT2D eigenvalue weighted by atomic mass is 9.56. The number of nitrogens with zero attached hydrogens (tertiary/aromatic N) is 2. The number of benzene rings is 2. The average molecular weight is 601 g/mol. The molecule has 13 nitrogen and oxygen atoms in total. The molecule has 0 spiro atoms. The molecule has 1 fully saturated rings. The third-order valence-corrected chi connectivity index (χ3v) is 8.68. The van der Waals surface area contributed by atoms with Crippen LogP contribution in [0.5, 0.6) is 11.5 Å². The molecule has 43 heavy (non-hydrogen) atoms. The Morgan fingerprint density at radius 1 is 1.05 bits per heavy atom. The van der Waals surface area contributed by atoms with Gasteiger partial charge in [0.1, 0.15) is 23.7 Å². The molecule has 0 bridgehead atoms. The zero-order valence-corrected chi connectivity index (χ0v) is 25.6. The summed E-state index contributed by atoms with van der Waals surface area (Å²) in [6, 6.07) is 0.246. The van der Waals surface area contributed by atoms with E-state index in [1.54, 1.807) is 25.1 Å². The lowest BCUT2D eigenvalue weighted by Crippen LogP contribution is -2.71. The fourth-order valence-electron chi connectivity index (χ4n) is 6.64. The molecule has 1 amide bonds. The van der Waals surface area contributed by atoms with E-state index in [-0.39, 0.29) is 34.2 Å². The third-order valence-electron chi connectivity index (χ3n) is 8.68. The summed E-state index contributed by atoms with van der Waals surface area (Å²) in [7, 11) is 6.35. The van der Waals surface area contributed by atoms with Gasteiger partial charge in [0.25, 0.3) is 0 Å². The highest BCUT2D eigenvalue weighted by molar-refractivity contribution is 6.24. The number of phenolic OH excluding ortho intramolecular Hbond substituents is 2. The van der Waals surface area contributed by atoms with E-state index in [9.17, 15) is 39.6 Å². The van der Waals surface area contributed by atoms with Crippen molar-refractivity contribution in [3.63, 3.8) is 0 Å². The molecule has 234 valence electrons. The predicted octanol–water partition coefficient (Wildman–Crippen LogP) is 0.769. The second-order valence-corrected chi connectivity index (χ2v) is 12.8. The fourth-order valence-corrected chi connectivity index (χ4v) is 6.64.